The molecule has 0 amide bonds. The summed E-state index contributed by atoms with van der Waals surface area (Å²) in [4.78, 5) is 0. The van der Waals surface area contributed by atoms with Gasteiger partial charge in [0.15, 0.2) is 11.5 Å². The Balaban J connectivity index is 2.13. The van der Waals surface area contributed by atoms with Gasteiger partial charge in [-0.3, -0.25) is 0 Å². The van der Waals surface area contributed by atoms with Crippen LogP contribution in [0.2, 0.25) is 0 Å². The van der Waals surface area contributed by atoms with Crippen molar-refractivity contribution in [2.45, 2.75) is 12.3 Å². The standard InChI is InChI=1S/C17H21NO4S/c1-18(23(19,20)13-14-7-5-4-6-8-14)12-15-9-10-16(21-2)17(11-15)22-3/h4-11H,12-13H2,1-3H3. The van der Waals surface area contributed by atoms with Crippen LogP contribution in [0.25, 0.3) is 0 Å². The zero-order chi connectivity index (χ0) is 16.9. The predicted molar refractivity (Wildman–Crippen MR) is 90.1 cm³/mol. The summed E-state index contributed by atoms with van der Waals surface area (Å²) in [6, 6.07) is 14.5. The van der Waals surface area contributed by atoms with Crippen molar-refractivity contribution in [3.63, 3.8) is 0 Å². The van der Waals surface area contributed by atoms with Crippen LogP contribution in [0.5, 0.6) is 11.5 Å². The van der Waals surface area contributed by atoms with Gasteiger partial charge in [-0.25, -0.2) is 12.7 Å². The molecule has 0 heterocycles. The monoisotopic (exact) mass is 335 g/mol. The summed E-state index contributed by atoms with van der Waals surface area (Å²) in [6.45, 7) is 0.273. The molecule has 6 heteroatoms. The average molecular weight is 335 g/mol. The fourth-order valence-corrected chi connectivity index (χ4v) is 3.41. The molecule has 0 aromatic heterocycles. The van der Waals surface area contributed by atoms with Gasteiger partial charge in [-0.05, 0) is 23.3 Å². The highest BCUT2D eigenvalue weighted by Crippen LogP contribution is 2.28. The molecule has 0 saturated heterocycles. The summed E-state index contributed by atoms with van der Waals surface area (Å²) in [5.74, 6) is 1.18. The van der Waals surface area contributed by atoms with Crippen LogP contribution in [-0.4, -0.2) is 34.0 Å². The molecular formula is C17H21NO4S. The molecule has 0 atom stereocenters. The molecule has 23 heavy (non-hydrogen) atoms. The van der Waals surface area contributed by atoms with E-state index >= 15 is 0 Å². The lowest BCUT2D eigenvalue weighted by atomic mass is 10.2. The van der Waals surface area contributed by atoms with E-state index in [2.05, 4.69) is 0 Å². The van der Waals surface area contributed by atoms with Gasteiger partial charge in [0.05, 0.1) is 20.0 Å². The molecule has 0 aliphatic heterocycles. The van der Waals surface area contributed by atoms with Gasteiger partial charge < -0.3 is 9.47 Å². The van der Waals surface area contributed by atoms with E-state index in [1.807, 2.05) is 36.4 Å². The highest BCUT2D eigenvalue weighted by molar-refractivity contribution is 7.88. The van der Waals surface area contributed by atoms with Gasteiger partial charge in [0.25, 0.3) is 0 Å². The van der Waals surface area contributed by atoms with Crippen LogP contribution in [0, 0.1) is 0 Å². The normalized spacial score (nSPS) is 11.5. The van der Waals surface area contributed by atoms with Crippen molar-refractivity contribution in [1.29, 1.82) is 0 Å². The Kier molecular flexibility index (Phi) is 5.63. The predicted octanol–water partition coefficient (Wildman–Crippen LogP) is 2.67. The number of benzene rings is 2. The Morgan fingerprint density at radius 2 is 1.57 bits per heavy atom. The Morgan fingerprint density at radius 3 is 2.17 bits per heavy atom. The van der Waals surface area contributed by atoms with Crippen LogP contribution < -0.4 is 9.47 Å². The fraction of sp³-hybridized carbons (Fsp3) is 0.294. The van der Waals surface area contributed by atoms with Crippen molar-refractivity contribution in [3.05, 3.63) is 59.7 Å². The Bertz CT molecular complexity index is 744. The molecule has 0 aliphatic rings. The summed E-state index contributed by atoms with van der Waals surface area (Å²) in [5, 5.41) is 0. The van der Waals surface area contributed by atoms with E-state index in [4.69, 9.17) is 9.47 Å². The largest absolute Gasteiger partial charge is 0.493 e. The van der Waals surface area contributed by atoms with Gasteiger partial charge in [0.1, 0.15) is 0 Å². The number of hydrogen-bond acceptors (Lipinski definition) is 4. The lowest BCUT2D eigenvalue weighted by Crippen LogP contribution is -2.27. The number of ether oxygens (including phenoxy) is 2. The van der Waals surface area contributed by atoms with Gasteiger partial charge in [-0.2, -0.15) is 0 Å². The lowest BCUT2D eigenvalue weighted by Gasteiger charge is -2.18. The smallest absolute Gasteiger partial charge is 0.218 e. The van der Waals surface area contributed by atoms with Gasteiger partial charge in [0, 0.05) is 13.6 Å². The van der Waals surface area contributed by atoms with Gasteiger partial charge in [0.2, 0.25) is 10.0 Å². The molecule has 0 radical (unpaired) electrons. The van der Waals surface area contributed by atoms with Crippen LogP contribution in [0.15, 0.2) is 48.5 Å². The second-order valence-corrected chi connectivity index (χ2v) is 7.26. The maximum absolute atomic E-state index is 12.5. The van der Waals surface area contributed by atoms with E-state index < -0.39 is 10.0 Å². The minimum atomic E-state index is -3.39. The number of methoxy groups -OCH3 is 2. The topological polar surface area (TPSA) is 55.8 Å². The average Bonchev–Trinajstić information content (AvgIpc) is 2.55. The zero-order valence-electron chi connectivity index (χ0n) is 13.5. The number of rotatable bonds is 7. The number of nitrogens with zero attached hydrogens (tertiary/aromatic N) is 1. The maximum Gasteiger partial charge on any atom is 0.218 e. The third kappa shape index (κ3) is 4.46. The molecule has 0 aliphatic carbocycles. The second-order valence-electron chi connectivity index (χ2n) is 5.19. The third-order valence-electron chi connectivity index (χ3n) is 3.52. The molecular weight excluding hydrogens is 314 g/mol. The van der Waals surface area contributed by atoms with E-state index in [1.54, 1.807) is 33.4 Å². The van der Waals surface area contributed by atoms with E-state index in [1.165, 1.54) is 4.31 Å². The Labute approximate surface area is 137 Å². The molecule has 2 rings (SSSR count). The van der Waals surface area contributed by atoms with E-state index in [0.717, 1.165) is 11.1 Å². The molecule has 124 valence electrons. The van der Waals surface area contributed by atoms with Crippen molar-refractivity contribution in [1.82, 2.24) is 4.31 Å². The highest BCUT2D eigenvalue weighted by atomic mass is 32.2. The number of hydrogen-bond donors (Lipinski definition) is 0. The Hall–Kier alpha value is -2.05. The zero-order valence-corrected chi connectivity index (χ0v) is 14.3. The minimum Gasteiger partial charge on any atom is -0.493 e. The second kappa shape index (κ2) is 7.48. The summed E-state index contributed by atoms with van der Waals surface area (Å²) in [6.07, 6.45) is 0. The summed E-state index contributed by atoms with van der Waals surface area (Å²) in [7, 11) is 1.31. The van der Waals surface area contributed by atoms with Crippen LogP contribution in [0.1, 0.15) is 11.1 Å². The third-order valence-corrected chi connectivity index (χ3v) is 5.30. The molecule has 0 N–H and O–H groups in total. The molecule has 2 aromatic carbocycles. The van der Waals surface area contributed by atoms with Gasteiger partial charge >= 0.3 is 0 Å². The van der Waals surface area contributed by atoms with Crippen molar-refractivity contribution < 1.29 is 17.9 Å². The van der Waals surface area contributed by atoms with Gasteiger partial charge in [-0.1, -0.05) is 36.4 Å². The fourth-order valence-electron chi connectivity index (χ4n) is 2.23. The number of sulfonamides is 1. The highest BCUT2D eigenvalue weighted by Gasteiger charge is 2.19. The molecule has 0 fully saturated rings. The molecule has 0 spiro atoms. The first-order chi connectivity index (χ1) is 11.0. The maximum atomic E-state index is 12.5. The summed E-state index contributed by atoms with van der Waals surface area (Å²) >= 11 is 0. The van der Waals surface area contributed by atoms with Crippen LogP contribution >= 0.6 is 0 Å². The first kappa shape index (κ1) is 17.3. The molecule has 2 aromatic rings. The van der Waals surface area contributed by atoms with Crippen molar-refractivity contribution >= 4 is 10.0 Å². The van der Waals surface area contributed by atoms with E-state index in [-0.39, 0.29) is 12.3 Å². The van der Waals surface area contributed by atoms with Crippen LogP contribution in [-0.2, 0) is 22.3 Å². The quantitative estimate of drug-likeness (QED) is 0.780. The van der Waals surface area contributed by atoms with Crippen LogP contribution in [0.4, 0.5) is 0 Å². The van der Waals surface area contributed by atoms with E-state index in [9.17, 15) is 8.42 Å². The Morgan fingerprint density at radius 1 is 0.913 bits per heavy atom. The molecule has 0 saturated carbocycles. The van der Waals surface area contributed by atoms with Crippen molar-refractivity contribution in [2.75, 3.05) is 21.3 Å². The van der Waals surface area contributed by atoms with Crippen molar-refractivity contribution in [2.24, 2.45) is 0 Å². The first-order valence-corrected chi connectivity index (χ1v) is 8.76. The molecule has 0 unspecified atom stereocenters. The molecule has 0 bridgehead atoms. The van der Waals surface area contributed by atoms with E-state index in [0.29, 0.717) is 11.5 Å². The first-order valence-electron chi connectivity index (χ1n) is 7.15. The summed E-state index contributed by atoms with van der Waals surface area (Å²) < 4.78 is 36.7. The molecule has 5 nitrogen and oxygen atoms in total. The van der Waals surface area contributed by atoms with Gasteiger partial charge in [-0.15, -0.1) is 0 Å². The van der Waals surface area contributed by atoms with Crippen molar-refractivity contribution in [3.8, 4) is 11.5 Å². The van der Waals surface area contributed by atoms with Crippen LogP contribution in [0.3, 0.4) is 0 Å². The SMILES string of the molecule is COc1ccc(CN(C)S(=O)(=O)Cc2ccccc2)cc1OC. The lowest BCUT2D eigenvalue weighted by molar-refractivity contribution is 0.354. The summed E-state index contributed by atoms with van der Waals surface area (Å²) in [5.41, 5.74) is 1.61. The minimum absolute atomic E-state index is 0.0162.